The average molecular weight is 445 g/mol. The molecule has 4 atom stereocenters. The molecular formula is C22H32N6O2S. The van der Waals surface area contributed by atoms with Gasteiger partial charge in [0.15, 0.2) is 5.17 Å². The molecule has 0 bridgehead atoms. The van der Waals surface area contributed by atoms with Gasteiger partial charge in [-0.2, -0.15) is 0 Å². The van der Waals surface area contributed by atoms with Crippen LogP contribution in [0.15, 0.2) is 29.3 Å². The highest BCUT2D eigenvalue weighted by molar-refractivity contribution is 8.15. The van der Waals surface area contributed by atoms with Gasteiger partial charge >= 0.3 is 0 Å². The fourth-order valence-electron chi connectivity index (χ4n) is 4.48. The summed E-state index contributed by atoms with van der Waals surface area (Å²) in [5.41, 5.74) is 7.26. The Labute approximate surface area is 188 Å². The minimum atomic E-state index is -0.253. The van der Waals surface area contributed by atoms with Gasteiger partial charge in [0.2, 0.25) is 5.91 Å². The van der Waals surface area contributed by atoms with Crippen molar-refractivity contribution in [1.82, 2.24) is 16.2 Å². The zero-order valence-electron chi connectivity index (χ0n) is 18.4. The predicted octanol–water partition coefficient (Wildman–Crippen LogP) is 2.86. The van der Waals surface area contributed by atoms with E-state index in [2.05, 4.69) is 23.1 Å². The number of thioether (sulfide) groups is 1. The predicted molar refractivity (Wildman–Crippen MR) is 126 cm³/mol. The Morgan fingerprint density at radius 3 is 2.68 bits per heavy atom. The number of nitrogens with zero attached hydrogens (tertiary/aromatic N) is 2. The summed E-state index contributed by atoms with van der Waals surface area (Å²) in [6.07, 6.45) is 4.98. The number of amidine groups is 2. The Morgan fingerprint density at radius 2 is 2.03 bits per heavy atom. The van der Waals surface area contributed by atoms with Crippen molar-refractivity contribution in [3.8, 4) is 5.75 Å². The first-order chi connectivity index (χ1) is 15.0. The lowest BCUT2D eigenvalue weighted by atomic mass is 9.97. The fourth-order valence-corrected chi connectivity index (χ4v) is 5.56. The van der Waals surface area contributed by atoms with Crippen molar-refractivity contribution < 1.29 is 9.53 Å². The molecule has 0 spiro atoms. The number of carbonyl (C=O) groups excluding carboxylic acids is 1. The van der Waals surface area contributed by atoms with Crippen molar-refractivity contribution in [3.63, 3.8) is 0 Å². The summed E-state index contributed by atoms with van der Waals surface area (Å²) in [5.74, 6) is 1.22. The molecule has 2 fully saturated rings. The van der Waals surface area contributed by atoms with Crippen LogP contribution in [0.25, 0.3) is 0 Å². The summed E-state index contributed by atoms with van der Waals surface area (Å²) in [5, 5.41) is 12.6. The highest BCUT2D eigenvalue weighted by Gasteiger charge is 2.44. The molecule has 4 unspecified atom stereocenters. The first-order valence-electron chi connectivity index (χ1n) is 11.1. The topological polar surface area (TPSA) is 102 Å². The molecule has 4 N–H and O–H groups in total. The van der Waals surface area contributed by atoms with Crippen molar-refractivity contribution in [3.05, 3.63) is 24.3 Å². The van der Waals surface area contributed by atoms with Crippen LogP contribution in [0.3, 0.4) is 0 Å². The highest BCUT2D eigenvalue weighted by Crippen LogP contribution is 2.34. The molecule has 1 saturated heterocycles. The number of hydrogen-bond donors (Lipinski definition) is 4. The Bertz CT molecular complexity index is 839. The van der Waals surface area contributed by atoms with Crippen LogP contribution in [0.4, 0.5) is 5.69 Å². The number of carbonyl (C=O) groups is 1. The number of aliphatic imine (C=N–C) groups is 1. The summed E-state index contributed by atoms with van der Waals surface area (Å²) < 4.78 is 5.29. The van der Waals surface area contributed by atoms with Crippen LogP contribution in [0.2, 0.25) is 0 Å². The molecule has 2 aliphatic heterocycles. The molecule has 1 saturated carbocycles. The summed E-state index contributed by atoms with van der Waals surface area (Å²) in [7, 11) is 1.64. The Kier molecular flexibility index (Phi) is 6.83. The van der Waals surface area contributed by atoms with Crippen LogP contribution in [-0.2, 0) is 4.79 Å². The molecule has 0 aromatic heterocycles. The van der Waals surface area contributed by atoms with Crippen molar-refractivity contribution in [2.75, 3.05) is 12.0 Å². The van der Waals surface area contributed by atoms with Gasteiger partial charge in [-0.1, -0.05) is 31.5 Å². The number of nitrogens with one attached hydrogen (secondary N) is 4. The van der Waals surface area contributed by atoms with E-state index in [-0.39, 0.29) is 35.3 Å². The molecule has 31 heavy (non-hydrogen) atoms. The maximum Gasteiger partial charge on any atom is 0.233 e. The minimum Gasteiger partial charge on any atom is -0.497 e. The standard InChI is InChI=1S/C22H32N6O2S/c1-4-17(21(29)24-14-7-5-6-8-14)31-22-25-20-18(13(2)26-27-20)19(23)28(22)15-9-11-16(30-3)12-10-15/h9-14,17-18,20,23,26-27H,4-8H2,1-3H3,(H,24,29). The molecule has 1 aliphatic carbocycles. The number of rotatable bonds is 6. The summed E-state index contributed by atoms with van der Waals surface area (Å²) in [6.45, 7) is 4.08. The quantitative estimate of drug-likeness (QED) is 0.538. The molecule has 1 aromatic carbocycles. The van der Waals surface area contributed by atoms with E-state index >= 15 is 0 Å². The first-order valence-corrected chi connectivity index (χ1v) is 12.0. The van der Waals surface area contributed by atoms with E-state index < -0.39 is 0 Å². The van der Waals surface area contributed by atoms with E-state index in [4.69, 9.17) is 15.1 Å². The second-order valence-electron chi connectivity index (χ2n) is 8.38. The van der Waals surface area contributed by atoms with Gasteiger partial charge in [0.05, 0.1) is 18.3 Å². The van der Waals surface area contributed by atoms with Crippen molar-refractivity contribution in [2.24, 2.45) is 10.9 Å². The lowest BCUT2D eigenvalue weighted by Gasteiger charge is -2.36. The van der Waals surface area contributed by atoms with E-state index in [1.54, 1.807) is 7.11 Å². The molecule has 0 radical (unpaired) electrons. The van der Waals surface area contributed by atoms with Crippen LogP contribution in [-0.4, -0.2) is 47.5 Å². The number of hydrazine groups is 1. The number of fused-ring (bicyclic) bond motifs is 1. The van der Waals surface area contributed by atoms with Gasteiger partial charge < -0.3 is 10.1 Å². The van der Waals surface area contributed by atoms with Gasteiger partial charge in [0, 0.05) is 17.8 Å². The summed E-state index contributed by atoms with van der Waals surface area (Å²) in [6, 6.07) is 8.01. The number of amides is 1. The van der Waals surface area contributed by atoms with Gasteiger partial charge in [-0.3, -0.25) is 20.5 Å². The third kappa shape index (κ3) is 4.58. The van der Waals surface area contributed by atoms with Crippen LogP contribution >= 0.6 is 11.8 Å². The molecule has 4 rings (SSSR count). The second kappa shape index (κ2) is 9.58. The van der Waals surface area contributed by atoms with Crippen molar-refractivity contribution in [1.29, 1.82) is 5.41 Å². The molecule has 2 heterocycles. The summed E-state index contributed by atoms with van der Waals surface area (Å²) in [4.78, 5) is 19.8. The highest BCUT2D eigenvalue weighted by atomic mass is 32.2. The lowest BCUT2D eigenvalue weighted by Crippen LogP contribution is -2.51. The molecule has 1 amide bonds. The van der Waals surface area contributed by atoms with Crippen molar-refractivity contribution >= 4 is 34.4 Å². The third-order valence-electron chi connectivity index (χ3n) is 6.28. The third-order valence-corrected chi connectivity index (χ3v) is 7.61. The van der Waals surface area contributed by atoms with E-state index in [0.717, 1.165) is 24.3 Å². The monoisotopic (exact) mass is 444 g/mol. The zero-order chi connectivity index (χ0) is 22.0. The van der Waals surface area contributed by atoms with E-state index in [9.17, 15) is 4.79 Å². The molecular weight excluding hydrogens is 412 g/mol. The molecule has 3 aliphatic rings. The van der Waals surface area contributed by atoms with Gasteiger partial charge in [-0.15, -0.1) is 0 Å². The van der Waals surface area contributed by atoms with Crippen LogP contribution in [0.5, 0.6) is 5.75 Å². The average Bonchev–Trinajstić information content (AvgIpc) is 3.42. The second-order valence-corrected chi connectivity index (χ2v) is 9.55. The van der Waals surface area contributed by atoms with E-state index in [1.165, 1.54) is 24.6 Å². The maximum absolute atomic E-state index is 13.0. The fraction of sp³-hybridized carbons (Fsp3) is 0.591. The summed E-state index contributed by atoms with van der Waals surface area (Å²) >= 11 is 1.45. The number of methoxy groups -OCH3 is 1. The van der Waals surface area contributed by atoms with Gasteiger partial charge in [0.1, 0.15) is 17.8 Å². The molecule has 9 heteroatoms. The van der Waals surface area contributed by atoms with Crippen LogP contribution in [0, 0.1) is 11.3 Å². The first kappa shape index (κ1) is 22.1. The molecule has 168 valence electrons. The number of benzene rings is 1. The van der Waals surface area contributed by atoms with Gasteiger partial charge in [-0.05, 0) is 50.5 Å². The zero-order valence-corrected chi connectivity index (χ0v) is 19.2. The number of ether oxygens (including phenoxy) is 1. The van der Waals surface area contributed by atoms with Crippen LogP contribution in [0.1, 0.15) is 46.0 Å². The maximum atomic E-state index is 13.0. The minimum absolute atomic E-state index is 0.0660. The Balaban J connectivity index is 1.60. The Morgan fingerprint density at radius 1 is 1.32 bits per heavy atom. The van der Waals surface area contributed by atoms with E-state index in [0.29, 0.717) is 17.4 Å². The lowest BCUT2D eigenvalue weighted by molar-refractivity contribution is -0.121. The van der Waals surface area contributed by atoms with Crippen LogP contribution < -0.4 is 25.8 Å². The largest absolute Gasteiger partial charge is 0.497 e. The molecule has 1 aromatic rings. The van der Waals surface area contributed by atoms with Crippen molar-refractivity contribution in [2.45, 2.75) is 69.5 Å². The smallest absolute Gasteiger partial charge is 0.233 e. The normalized spacial score (nSPS) is 27.1. The van der Waals surface area contributed by atoms with E-state index in [1.807, 2.05) is 36.1 Å². The number of hydrogen-bond acceptors (Lipinski definition) is 7. The number of anilines is 1. The Hall–Kier alpha value is -2.10. The van der Waals surface area contributed by atoms with Gasteiger partial charge in [-0.25, -0.2) is 10.4 Å². The van der Waals surface area contributed by atoms with Gasteiger partial charge in [0.25, 0.3) is 0 Å². The molecule has 8 nitrogen and oxygen atoms in total. The SMILES string of the molecule is CCC(SC1=NC2NNC(C)C2C(=N)N1c1ccc(OC)cc1)C(=O)NC1CCCC1.